The zero-order valence-electron chi connectivity index (χ0n) is 16.9. The van der Waals surface area contributed by atoms with Crippen LogP contribution in [0.5, 0.6) is 11.5 Å². The molecule has 1 heterocycles. The third-order valence-electron chi connectivity index (χ3n) is 4.75. The highest BCUT2D eigenvalue weighted by atomic mass is 35.5. The first kappa shape index (κ1) is 22.3. The van der Waals surface area contributed by atoms with Crippen molar-refractivity contribution in [3.63, 3.8) is 0 Å². The summed E-state index contributed by atoms with van der Waals surface area (Å²) >= 11 is 12.7. The summed E-state index contributed by atoms with van der Waals surface area (Å²) in [5, 5.41) is 0.320. The number of amides is 1. The first-order valence-electron chi connectivity index (χ1n) is 9.54. The summed E-state index contributed by atoms with van der Waals surface area (Å²) in [6, 6.07) is 18.8. The van der Waals surface area contributed by atoms with E-state index in [9.17, 15) is 9.18 Å². The molecule has 3 aromatic carbocycles. The van der Waals surface area contributed by atoms with Crippen molar-refractivity contribution in [3.8, 4) is 11.5 Å². The maximum Gasteiger partial charge on any atom is 0.270 e. The number of carbonyl (C=O) groups is 1. The predicted octanol–water partition coefficient (Wildman–Crippen LogP) is 6.47. The average molecular weight is 486 g/mol. The van der Waals surface area contributed by atoms with Crippen LogP contribution >= 0.6 is 35.6 Å². The molecule has 1 aliphatic heterocycles. The molecule has 8 heteroatoms. The summed E-state index contributed by atoms with van der Waals surface area (Å²) in [6.07, 6.45) is 1.78. The molecule has 1 amide bonds. The van der Waals surface area contributed by atoms with E-state index in [-0.39, 0.29) is 12.5 Å². The highest BCUT2D eigenvalue weighted by molar-refractivity contribution is 8.27. The lowest BCUT2D eigenvalue weighted by molar-refractivity contribution is -0.113. The molecule has 0 spiro atoms. The van der Waals surface area contributed by atoms with Crippen molar-refractivity contribution >= 4 is 57.6 Å². The summed E-state index contributed by atoms with van der Waals surface area (Å²) in [4.78, 5) is 14.9. The van der Waals surface area contributed by atoms with Gasteiger partial charge in [-0.3, -0.25) is 9.69 Å². The predicted molar refractivity (Wildman–Crippen MR) is 131 cm³/mol. The SMILES string of the molecule is COc1ccc(N2C(=O)/C(=C\c3ccc(OCc4c(F)cccc4Cl)cc3)SC2=S)cc1. The van der Waals surface area contributed by atoms with E-state index in [1.54, 1.807) is 61.7 Å². The van der Waals surface area contributed by atoms with Crippen molar-refractivity contribution in [1.82, 2.24) is 0 Å². The highest BCUT2D eigenvalue weighted by Crippen LogP contribution is 2.36. The van der Waals surface area contributed by atoms with Gasteiger partial charge in [-0.2, -0.15) is 0 Å². The molecule has 0 saturated carbocycles. The van der Waals surface area contributed by atoms with Crippen molar-refractivity contribution in [2.75, 3.05) is 12.0 Å². The molecule has 3 aromatic rings. The number of carbonyl (C=O) groups excluding carboxylic acids is 1. The molecule has 32 heavy (non-hydrogen) atoms. The topological polar surface area (TPSA) is 38.8 Å². The summed E-state index contributed by atoms with van der Waals surface area (Å²) in [6.45, 7) is 0.0192. The number of thiocarbonyl (C=S) groups is 1. The second-order valence-corrected chi connectivity index (χ2v) is 8.86. The molecule has 0 aliphatic carbocycles. The minimum absolute atomic E-state index is 0.0192. The first-order chi connectivity index (χ1) is 15.5. The van der Waals surface area contributed by atoms with E-state index in [2.05, 4.69) is 0 Å². The second kappa shape index (κ2) is 9.73. The van der Waals surface area contributed by atoms with Crippen molar-refractivity contribution in [2.24, 2.45) is 0 Å². The number of rotatable bonds is 6. The van der Waals surface area contributed by atoms with Crippen LogP contribution in [0.2, 0.25) is 5.02 Å². The van der Waals surface area contributed by atoms with Gasteiger partial charge in [-0.25, -0.2) is 4.39 Å². The highest BCUT2D eigenvalue weighted by Gasteiger charge is 2.33. The van der Waals surface area contributed by atoms with Gasteiger partial charge in [0.2, 0.25) is 0 Å². The Bertz CT molecular complexity index is 1180. The number of nitrogens with zero attached hydrogens (tertiary/aromatic N) is 1. The van der Waals surface area contributed by atoms with Crippen LogP contribution in [0.1, 0.15) is 11.1 Å². The summed E-state index contributed by atoms with van der Waals surface area (Å²) in [5.41, 5.74) is 1.81. The number of halogens is 2. The van der Waals surface area contributed by atoms with Gasteiger partial charge in [0.05, 0.1) is 22.7 Å². The molecule has 4 rings (SSSR count). The van der Waals surface area contributed by atoms with Gasteiger partial charge >= 0.3 is 0 Å². The molecule has 0 aromatic heterocycles. The molecule has 1 fully saturated rings. The van der Waals surface area contributed by atoms with Gasteiger partial charge in [0.1, 0.15) is 23.9 Å². The Morgan fingerprint density at radius 1 is 1.06 bits per heavy atom. The van der Waals surface area contributed by atoms with Gasteiger partial charge in [0.15, 0.2) is 4.32 Å². The minimum Gasteiger partial charge on any atom is -0.497 e. The maximum atomic E-state index is 13.9. The van der Waals surface area contributed by atoms with Crippen molar-refractivity contribution < 1.29 is 18.7 Å². The Labute approximate surface area is 199 Å². The molecule has 0 atom stereocenters. The summed E-state index contributed by atoms with van der Waals surface area (Å²) in [7, 11) is 1.59. The fourth-order valence-electron chi connectivity index (χ4n) is 3.06. The van der Waals surface area contributed by atoms with E-state index < -0.39 is 5.82 Å². The van der Waals surface area contributed by atoms with E-state index >= 15 is 0 Å². The maximum absolute atomic E-state index is 13.9. The molecule has 4 nitrogen and oxygen atoms in total. The fraction of sp³-hybridized carbons (Fsp3) is 0.0833. The van der Waals surface area contributed by atoms with Gasteiger partial charge in [-0.1, -0.05) is 53.8 Å². The molecule has 1 aliphatic rings. The van der Waals surface area contributed by atoms with Crippen molar-refractivity contribution in [2.45, 2.75) is 6.61 Å². The van der Waals surface area contributed by atoms with Crippen LogP contribution in [0.15, 0.2) is 71.6 Å². The largest absolute Gasteiger partial charge is 0.497 e. The van der Waals surface area contributed by atoms with E-state index in [0.717, 1.165) is 5.56 Å². The lowest BCUT2D eigenvalue weighted by atomic mass is 10.2. The fourth-order valence-corrected chi connectivity index (χ4v) is 4.58. The Morgan fingerprint density at radius 2 is 1.75 bits per heavy atom. The smallest absolute Gasteiger partial charge is 0.270 e. The lowest BCUT2D eigenvalue weighted by Gasteiger charge is -2.14. The van der Waals surface area contributed by atoms with E-state index in [1.807, 2.05) is 12.1 Å². The average Bonchev–Trinajstić information content (AvgIpc) is 3.07. The van der Waals surface area contributed by atoms with Crippen molar-refractivity contribution in [3.05, 3.63) is 93.6 Å². The normalized spacial score (nSPS) is 14.8. The van der Waals surface area contributed by atoms with Crippen LogP contribution in [0, 0.1) is 5.82 Å². The number of benzene rings is 3. The Balaban J connectivity index is 1.45. The minimum atomic E-state index is -0.409. The zero-order chi connectivity index (χ0) is 22.7. The van der Waals surface area contributed by atoms with E-state index in [0.29, 0.717) is 37.0 Å². The molecule has 1 saturated heterocycles. The van der Waals surface area contributed by atoms with Gasteiger partial charge in [0.25, 0.3) is 5.91 Å². The summed E-state index contributed by atoms with van der Waals surface area (Å²) < 4.78 is 25.2. The number of hydrogen-bond acceptors (Lipinski definition) is 5. The van der Waals surface area contributed by atoms with Crippen molar-refractivity contribution in [1.29, 1.82) is 0 Å². The van der Waals surface area contributed by atoms with E-state index in [4.69, 9.17) is 33.3 Å². The Morgan fingerprint density at radius 3 is 2.41 bits per heavy atom. The molecule has 0 unspecified atom stereocenters. The van der Waals surface area contributed by atoms with Crippen LogP contribution in [0.25, 0.3) is 6.08 Å². The summed E-state index contributed by atoms with van der Waals surface area (Å²) in [5.74, 6) is 0.675. The van der Waals surface area contributed by atoms with Gasteiger partial charge in [0, 0.05) is 5.56 Å². The number of anilines is 1. The number of hydrogen-bond donors (Lipinski definition) is 0. The van der Waals surface area contributed by atoms with Crippen LogP contribution in [-0.2, 0) is 11.4 Å². The van der Waals surface area contributed by atoms with E-state index in [1.165, 1.54) is 22.7 Å². The third-order valence-corrected chi connectivity index (χ3v) is 6.40. The molecule has 162 valence electrons. The number of methoxy groups -OCH3 is 1. The first-order valence-corrected chi connectivity index (χ1v) is 11.1. The standard InChI is InChI=1S/C24H17ClFNO3S2/c1-29-17-11-7-16(8-12-17)27-23(28)22(32-24(27)31)13-15-5-9-18(10-6-15)30-14-19-20(25)3-2-4-21(19)26/h2-13H,14H2,1H3/b22-13+. The van der Waals surface area contributed by atoms with Gasteiger partial charge in [-0.15, -0.1) is 0 Å². The monoisotopic (exact) mass is 485 g/mol. The van der Waals surface area contributed by atoms with Crippen LogP contribution in [0.3, 0.4) is 0 Å². The molecular formula is C24H17ClFNO3S2. The van der Waals surface area contributed by atoms with Crippen LogP contribution in [-0.4, -0.2) is 17.3 Å². The van der Waals surface area contributed by atoms with Crippen LogP contribution in [0.4, 0.5) is 10.1 Å². The number of thioether (sulfide) groups is 1. The third kappa shape index (κ3) is 4.80. The quantitative estimate of drug-likeness (QED) is 0.295. The van der Waals surface area contributed by atoms with Gasteiger partial charge in [-0.05, 0) is 60.2 Å². The molecular weight excluding hydrogens is 469 g/mol. The Kier molecular flexibility index (Phi) is 6.79. The second-order valence-electron chi connectivity index (χ2n) is 6.77. The molecule has 0 bridgehead atoms. The van der Waals surface area contributed by atoms with Gasteiger partial charge < -0.3 is 9.47 Å². The van der Waals surface area contributed by atoms with Crippen LogP contribution < -0.4 is 14.4 Å². The lowest BCUT2D eigenvalue weighted by Crippen LogP contribution is -2.27. The zero-order valence-corrected chi connectivity index (χ0v) is 19.3. The molecule has 0 radical (unpaired) electrons. The molecule has 0 N–H and O–H groups in total. The number of ether oxygens (including phenoxy) is 2. The Hall–Kier alpha value is -2.87.